The third kappa shape index (κ3) is 45.1. The first-order valence-electron chi connectivity index (χ1n) is 3.35. The van der Waals surface area contributed by atoms with Gasteiger partial charge in [-0.1, -0.05) is 21.3 Å². The highest BCUT2D eigenvalue weighted by molar-refractivity contribution is 5.77. The molecule has 11 heavy (non-hydrogen) atoms. The molecule has 0 bridgehead atoms. The molecule has 0 fully saturated rings. The predicted octanol–water partition coefficient (Wildman–Crippen LogP) is 2.46. The van der Waals surface area contributed by atoms with Crippen molar-refractivity contribution in [3.05, 3.63) is 0 Å². The van der Waals surface area contributed by atoms with Crippen LogP contribution < -0.4 is 0 Å². The fourth-order valence-corrected chi connectivity index (χ4v) is 0. The first-order valence-corrected chi connectivity index (χ1v) is 3.35. The molecule has 0 aliphatic heterocycles. The highest BCUT2D eigenvalue weighted by atomic mass is 16.1. The fraction of sp³-hybridized carbons (Fsp3) is 0.778. The summed E-state index contributed by atoms with van der Waals surface area (Å²) in [4.78, 5) is 19.6. The van der Waals surface area contributed by atoms with Crippen molar-refractivity contribution in [3.8, 4) is 0 Å². The Labute approximate surface area is 70.0 Å². The van der Waals surface area contributed by atoms with Gasteiger partial charge in [-0.3, -0.25) is 4.79 Å². The van der Waals surface area contributed by atoms with Crippen LogP contribution in [0.2, 0.25) is 0 Å². The van der Waals surface area contributed by atoms with Crippen LogP contribution in [0.4, 0.5) is 0 Å². The lowest BCUT2D eigenvalue weighted by Crippen LogP contribution is -1.98. The third-order valence-corrected chi connectivity index (χ3v) is 0.813. The monoisotopic (exact) mass is 160 g/mol. The van der Waals surface area contributed by atoms with Gasteiger partial charge in [-0.25, -0.2) is 0 Å². The number of ketones is 2. The quantitative estimate of drug-likeness (QED) is 0.590. The van der Waals surface area contributed by atoms with Gasteiger partial charge in [0.25, 0.3) is 0 Å². The maximum atomic E-state index is 10.1. The summed E-state index contributed by atoms with van der Waals surface area (Å²) in [5, 5.41) is 0. The van der Waals surface area contributed by atoms with E-state index in [-0.39, 0.29) is 24.9 Å². The van der Waals surface area contributed by atoms with Crippen molar-refractivity contribution in [1.82, 2.24) is 0 Å². The van der Waals surface area contributed by atoms with Gasteiger partial charge in [0.05, 0.1) is 0 Å². The molecule has 0 aromatic carbocycles. The number of hydrogen-bond acceptors (Lipinski definition) is 2. The highest BCUT2D eigenvalue weighted by Gasteiger charge is 1.95. The van der Waals surface area contributed by atoms with Crippen LogP contribution in [0.25, 0.3) is 0 Å². The fourth-order valence-electron chi connectivity index (χ4n) is 0. The second-order valence-electron chi connectivity index (χ2n) is 2.67. The summed E-state index contributed by atoms with van der Waals surface area (Å²) in [6.45, 7) is 8.44. The van der Waals surface area contributed by atoms with E-state index in [0.29, 0.717) is 0 Å². The molecular formula is C9H20O2. The largest absolute Gasteiger partial charge is 0.300 e. The zero-order valence-electron chi connectivity index (χ0n) is 7.39. The van der Waals surface area contributed by atoms with Gasteiger partial charge in [-0.05, 0) is 20.8 Å². The van der Waals surface area contributed by atoms with Crippen molar-refractivity contribution in [2.45, 2.75) is 42.0 Å². The summed E-state index contributed by atoms with van der Waals surface area (Å²) in [5.41, 5.74) is 0. The Morgan fingerprint density at radius 3 is 1.09 bits per heavy atom. The lowest BCUT2D eigenvalue weighted by molar-refractivity contribution is -0.119. The Morgan fingerprint density at radius 1 is 1.00 bits per heavy atom. The topological polar surface area (TPSA) is 34.1 Å². The molecule has 2 heteroatoms. The van der Waals surface area contributed by atoms with Crippen LogP contribution in [0.3, 0.4) is 0 Å². The van der Waals surface area contributed by atoms with Crippen LogP contribution in [0.5, 0.6) is 0 Å². The van der Waals surface area contributed by atoms with E-state index in [4.69, 9.17) is 0 Å². The molecule has 0 spiro atoms. The summed E-state index contributed by atoms with van der Waals surface area (Å²) in [6, 6.07) is 0. The Hall–Kier alpha value is -0.660. The van der Waals surface area contributed by atoms with Crippen molar-refractivity contribution in [3.63, 3.8) is 0 Å². The number of hydrogen-bond donors (Lipinski definition) is 0. The Morgan fingerprint density at radius 2 is 1.09 bits per heavy atom. The van der Waals surface area contributed by atoms with Crippen molar-refractivity contribution in [2.24, 2.45) is 5.92 Å². The molecular weight excluding hydrogens is 140 g/mol. The Bertz CT molecular complexity index is 111. The molecule has 0 aromatic heterocycles. The number of carbonyl (C=O) groups excluding carboxylic acids is 2. The van der Waals surface area contributed by atoms with Crippen LogP contribution >= 0.6 is 0 Å². The van der Waals surface area contributed by atoms with E-state index in [1.807, 2.05) is 13.8 Å². The second kappa shape index (κ2) is 9.34. The summed E-state index contributed by atoms with van der Waals surface area (Å²) < 4.78 is 0. The zero-order valence-corrected chi connectivity index (χ0v) is 7.39. The molecule has 0 saturated heterocycles. The molecule has 0 aliphatic rings. The molecule has 0 rings (SSSR count). The van der Waals surface area contributed by atoms with E-state index in [1.165, 1.54) is 13.8 Å². The predicted molar refractivity (Wildman–Crippen MR) is 48.6 cm³/mol. The van der Waals surface area contributed by atoms with Crippen LogP contribution in [-0.4, -0.2) is 11.6 Å². The molecule has 0 radical (unpaired) electrons. The van der Waals surface area contributed by atoms with Crippen LogP contribution in [-0.2, 0) is 9.59 Å². The lowest BCUT2D eigenvalue weighted by Gasteiger charge is -1.90. The summed E-state index contributed by atoms with van der Waals surface area (Å²) in [6.07, 6.45) is 0. The minimum atomic E-state index is 0. The smallest absolute Gasteiger partial charge is 0.132 e. The van der Waals surface area contributed by atoms with Crippen molar-refractivity contribution < 1.29 is 9.59 Å². The molecule has 0 aromatic rings. The van der Waals surface area contributed by atoms with Gasteiger partial charge in [0.2, 0.25) is 0 Å². The van der Waals surface area contributed by atoms with Gasteiger partial charge in [0.1, 0.15) is 11.6 Å². The molecule has 0 N–H and O–H groups in total. The lowest BCUT2D eigenvalue weighted by atomic mass is 10.1. The first kappa shape index (κ1) is 16.7. The van der Waals surface area contributed by atoms with Gasteiger partial charge < -0.3 is 4.79 Å². The highest BCUT2D eigenvalue weighted by Crippen LogP contribution is 1.89. The summed E-state index contributed by atoms with van der Waals surface area (Å²) in [5.74, 6) is 0.639. The number of rotatable bonds is 1. The van der Waals surface area contributed by atoms with Gasteiger partial charge >= 0.3 is 0 Å². The van der Waals surface area contributed by atoms with Gasteiger partial charge in [0.15, 0.2) is 0 Å². The van der Waals surface area contributed by atoms with Gasteiger partial charge in [-0.15, -0.1) is 0 Å². The third-order valence-electron chi connectivity index (χ3n) is 0.813. The molecule has 0 unspecified atom stereocenters. The maximum Gasteiger partial charge on any atom is 0.132 e. The average molecular weight is 160 g/mol. The van der Waals surface area contributed by atoms with E-state index in [1.54, 1.807) is 6.92 Å². The molecule has 2 nitrogen and oxygen atoms in total. The Balaban J connectivity index is -0.000000114. The standard InChI is InChI=1S/C5H10O.C3H6O.CH4/c1-4(2)5(3)6;1-3(2)4;/h4H,1-3H3;1-2H3;1H4. The summed E-state index contributed by atoms with van der Waals surface area (Å²) >= 11 is 0. The molecule has 0 amide bonds. The SMILES string of the molecule is C.CC(=O)C(C)C.CC(C)=O. The van der Waals surface area contributed by atoms with Crippen molar-refractivity contribution in [1.29, 1.82) is 0 Å². The zero-order chi connectivity index (χ0) is 8.73. The van der Waals surface area contributed by atoms with E-state index in [2.05, 4.69) is 0 Å². The summed E-state index contributed by atoms with van der Waals surface area (Å²) in [7, 11) is 0. The van der Waals surface area contributed by atoms with Crippen LogP contribution in [0.1, 0.15) is 42.0 Å². The normalized spacial score (nSPS) is 7.45. The number of carbonyl (C=O) groups is 2. The minimum absolute atomic E-state index is 0. The average Bonchev–Trinajstić information content (AvgIpc) is 1.63. The van der Waals surface area contributed by atoms with Gasteiger partial charge in [0, 0.05) is 5.92 Å². The van der Waals surface area contributed by atoms with E-state index in [9.17, 15) is 9.59 Å². The molecule has 0 saturated carbocycles. The minimum Gasteiger partial charge on any atom is -0.300 e. The van der Waals surface area contributed by atoms with E-state index in [0.717, 1.165) is 0 Å². The molecule has 68 valence electrons. The Kier molecular flexibility index (Phi) is 14.2. The van der Waals surface area contributed by atoms with Crippen molar-refractivity contribution >= 4 is 11.6 Å². The second-order valence-corrected chi connectivity index (χ2v) is 2.67. The van der Waals surface area contributed by atoms with E-state index < -0.39 is 0 Å². The van der Waals surface area contributed by atoms with Crippen LogP contribution in [0.15, 0.2) is 0 Å². The number of Topliss-reactive ketones (excluding diaryl/α,β-unsaturated/α-hetero) is 2. The maximum absolute atomic E-state index is 10.1. The van der Waals surface area contributed by atoms with Crippen molar-refractivity contribution in [2.75, 3.05) is 0 Å². The van der Waals surface area contributed by atoms with Gasteiger partial charge in [-0.2, -0.15) is 0 Å². The molecule has 0 atom stereocenters. The first-order chi connectivity index (χ1) is 4.37. The molecule has 0 aliphatic carbocycles. The van der Waals surface area contributed by atoms with Crippen LogP contribution in [0, 0.1) is 5.92 Å². The van der Waals surface area contributed by atoms with E-state index >= 15 is 0 Å². The molecule has 0 heterocycles.